The van der Waals surface area contributed by atoms with Crippen molar-refractivity contribution in [3.63, 3.8) is 0 Å². The summed E-state index contributed by atoms with van der Waals surface area (Å²) in [5.41, 5.74) is 1.12. The fraction of sp³-hybridized carbons (Fsp3) is 0.733. The second-order valence-corrected chi connectivity index (χ2v) is 5.59. The topological polar surface area (TPSA) is 37.8 Å². The van der Waals surface area contributed by atoms with Crippen LogP contribution in [-0.4, -0.2) is 16.5 Å². The molecule has 0 aliphatic heterocycles. The van der Waals surface area contributed by atoms with E-state index < -0.39 is 0 Å². The van der Waals surface area contributed by atoms with Crippen molar-refractivity contribution in [3.8, 4) is 0 Å². The molecule has 1 N–H and O–H groups in total. The summed E-state index contributed by atoms with van der Waals surface area (Å²) in [4.78, 5) is 8.73. The standard InChI is InChI=1S/C15H25N3/c1-3-7-18-15(14-11-16-8-9-17-14)13-6-4-5-12(2)10-13/h8-9,11-13,15,18H,3-7,10H2,1-2H3. The Morgan fingerprint density at radius 2 is 2.28 bits per heavy atom. The Morgan fingerprint density at radius 1 is 1.39 bits per heavy atom. The van der Waals surface area contributed by atoms with Gasteiger partial charge in [0.25, 0.3) is 0 Å². The van der Waals surface area contributed by atoms with Crippen LogP contribution in [0.2, 0.25) is 0 Å². The van der Waals surface area contributed by atoms with E-state index >= 15 is 0 Å². The van der Waals surface area contributed by atoms with Crippen molar-refractivity contribution in [2.75, 3.05) is 6.54 Å². The molecule has 0 bridgehead atoms. The lowest BCUT2D eigenvalue weighted by Crippen LogP contribution is -2.32. The van der Waals surface area contributed by atoms with Crippen LogP contribution in [0.1, 0.15) is 57.7 Å². The van der Waals surface area contributed by atoms with Crippen molar-refractivity contribution in [2.45, 2.75) is 52.0 Å². The van der Waals surface area contributed by atoms with Crippen molar-refractivity contribution >= 4 is 0 Å². The van der Waals surface area contributed by atoms with Crippen LogP contribution in [0.5, 0.6) is 0 Å². The zero-order valence-corrected chi connectivity index (χ0v) is 11.6. The Balaban J connectivity index is 2.09. The molecule has 2 rings (SSSR count). The van der Waals surface area contributed by atoms with E-state index in [4.69, 9.17) is 0 Å². The molecule has 1 heterocycles. The summed E-state index contributed by atoms with van der Waals surface area (Å²) in [6.45, 7) is 5.65. The minimum absolute atomic E-state index is 0.390. The van der Waals surface area contributed by atoms with Crippen molar-refractivity contribution in [2.24, 2.45) is 11.8 Å². The Kier molecular flexibility index (Phi) is 5.12. The van der Waals surface area contributed by atoms with E-state index in [0.29, 0.717) is 6.04 Å². The first-order chi connectivity index (χ1) is 8.81. The molecule has 0 amide bonds. The summed E-state index contributed by atoms with van der Waals surface area (Å²) in [6, 6.07) is 0.390. The highest BCUT2D eigenvalue weighted by Crippen LogP contribution is 2.36. The fourth-order valence-corrected chi connectivity index (χ4v) is 3.07. The second-order valence-electron chi connectivity index (χ2n) is 5.59. The maximum absolute atomic E-state index is 4.51. The van der Waals surface area contributed by atoms with E-state index in [2.05, 4.69) is 29.1 Å². The highest BCUT2D eigenvalue weighted by molar-refractivity contribution is 5.05. The quantitative estimate of drug-likeness (QED) is 0.867. The Morgan fingerprint density at radius 3 is 2.94 bits per heavy atom. The van der Waals surface area contributed by atoms with E-state index in [1.807, 2.05) is 12.4 Å². The maximum atomic E-state index is 4.51. The maximum Gasteiger partial charge on any atom is 0.0758 e. The summed E-state index contributed by atoms with van der Waals surface area (Å²) in [5.74, 6) is 1.57. The van der Waals surface area contributed by atoms with Crippen LogP contribution in [-0.2, 0) is 0 Å². The van der Waals surface area contributed by atoms with Crippen molar-refractivity contribution in [1.29, 1.82) is 0 Å². The smallest absolute Gasteiger partial charge is 0.0758 e. The average Bonchev–Trinajstić information content (AvgIpc) is 2.40. The molecule has 1 saturated carbocycles. The van der Waals surface area contributed by atoms with Crippen LogP contribution in [0.4, 0.5) is 0 Å². The molecule has 0 aromatic carbocycles. The lowest BCUT2D eigenvalue weighted by Gasteiger charge is -2.33. The number of hydrogen-bond acceptors (Lipinski definition) is 3. The molecule has 0 spiro atoms. The lowest BCUT2D eigenvalue weighted by atomic mass is 9.77. The van der Waals surface area contributed by atoms with Gasteiger partial charge in [0.05, 0.1) is 11.7 Å². The Bertz CT molecular complexity index is 339. The molecule has 3 unspecified atom stereocenters. The van der Waals surface area contributed by atoms with E-state index in [0.717, 1.165) is 24.1 Å². The molecule has 1 aromatic rings. The minimum Gasteiger partial charge on any atom is -0.308 e. The summed E-state index contributed by atoms with van der Waals surface area (Å²) >= 11 is 0. The van der Waals surface area contributed by atoms with Crippen LogP contribution in [0.3, 0.4) is 0 Å². The normalized spacial score (nSPS) is 25.9. The van der Waals surface area contributed by atoms with Gasteiger partial charge in [-0.2, -0.15) is 0 Å². The number of hydrogen-bond donors (Lipinski definition) is 1. The van der Waals surface area contributed by atoms with Gasteiger partial charge in [-0.15, -0.1) is 0 Å². The van der Waals surface area contributed by atoms with Crippen LogP contribution in [0, 0.1) is 11.8 Å². The van der Waals surface area contributed by atoms with E-state index in [1.54, 1.807) is 6.20 Å². The monoisotopic (exact) mass is 247 g/mol. The van der Waals surface area contributed by atoms with Gasteiger partial charge in [-0.3, -0.25) is 9.97 Å². The van der Waals surface area contributed by atoms with Crippen molar-refractivity contribution in [1.82, 2.24) is 15.3 Å². The molecule has 3 atom stereocenters. The van der Waals surface area contributed by atoms with Crippen LogP contribution >= 0.6 is 0 Å². The number of aromatic nitrogens is 2. The first-order valence-electron chi connectivity index (χ1n) is 7.30. The van der Waals surface area contributed by atoms with Gasteiger partial charge in [0.1, 0.15) is 0 Å². The number of rotatable bonds is 5. The molecule has 18 heavy (non-hydrogen) atoms. The number of nitrogens with zero attached hydrogens (tertiary/aromatic N) is 2. The van der Waals surface area contributed by atoms with E-state index in [-0.39, 0.29) is 0 Å². The molecule has 1 aliphatic carbocycles. The molecule has 1 aliphatic rings. The van der Waals surface area contributed by atoms with E-state index in [1.165, 1.54) is 32.1 Å². The van der Waals surface area contributed by atoms with Gasteiger partial charge in [-0.05, 0) is 37.6 Å². The third-order valence-corrected chi connectivity index (χ3v) is 3.96. The molecule has 100 valence electrons. The molecule has 0 saturated heterocycles. The zero-order chi connectivity index (χ0) is 12.8. The molecule has 3 nitrogen and oxygen atoms in total. The Labute approximate surface area is 110 Å². The van der Waals surface area contributed by atoms with Gasteiger partial charge in [0, 0.05) is 18.6 Å². The largest absolute Gasteiger partial charge is 0.308 e. The van der Waals surface area contributed by atoms with Gasteiger partial charge in [-0.1, -0.05) is 26.7 Å². The molecule has 0 radical (unpaired) electrons. The van der Waals surface area contributed by atoms with Gasteiger partial charge >= 0.3 is 0 Å². The zero-order valence-electron chi connectivity index (χ0n) is 11.6. The predicted molar refractivity (Wildman–Crippen MR) is 74.2 cm³/mol. The molecular weight excluding hydrogens is 222 g/mol. The van der Waals surface area contributed by atoms with Crippen LogP contribution in [0.15, 0.2) is 18.6 Å². The van der Waals surface area contributed by atoms with Crippen LogP contribution < -0.4 is 5.32 Å². The van der Waals surface area contributed by atoms with Crippen LogP contribution in [0.25, 0.3) is 0 Å². The highest BCUT2D eigenvalue weighted by atomic mass is 15.0. The second kappa shape index (κ2) is 6.83. The third-order valence-electron chi connectivity index (χ3n) is 3.96. The third kappa shape index (κ3) is 3.52. The predicted octanol–water partition coefficient (Wildman–Crippen LogP) is 3.34. The summed E-state index contributed by atoms with van der Waals surface area (Å²) in [5, 5.41) is 3.67. The lowest BCUT2D eigenvalue weighted by molar-refractivity contribution is 0.221. The number of nitrogens with one attached hydrogen (secondary N) is 1. The first kappa shape index (κ1) is 13.5. The van der Waals surface area contributed by atoms with E-state index in [9.17, 15) is 0 Å². The SMILES string of the molecule is CCCNC(c1cnccn1)C1CCCC(C)C1. The average molecular weight is 247 g/mol. The molecule has 3 heteroatoms. The molecule has 1 fully saturated rings. The van der Waals surface area contributed by atoms with Crippen molar-refractivity contribution < 1.29 is 0 Å². The summed E-state index contributed by atoms with van der Waals surface area (Å²) in [6.07, 6.45) is 12.0. The van der Waals surface area contributed by atoms with Gasteiger partial charge in [0.15, 0.2) is 0 Å². The molecular formula is C15H25N3. The minimum atomic E-state index is 0.390. The van der Waals surface area contributed by atoms with Gasteiger partial charge < -0.3 is 5.32 Å². The molecule has 1 aromatic heterocycles. The highest BCUT2D eigenvalue weighted by Gasteiger charge is 2.28. The van der Waals surface area contributed by atoms with Gasteiger partial charge in [-0.25, -0.2) is 0 Å². The van der Waals surface area contributed by atoms with Gasteiger partial charge in [0.2, 0.25) is 0 Å². The Hall–Kier alpha value is -0.960. The fourth-order valence-electron chi connectivity index (χ4n) is 3.07. The summed E-state index contributed by atoms with van der Waals surface area (Å²) in [7, 11) is 0. The first-order valence-corrected chi connectivity index (χ1v) is 7.30. The summed E-state index contributed by atoms with van der Waals surface area (Å²) < 4.78 is 0. The van der Waals surface area contributed by atoms with Crippen molar-refractivity contribution in [3.05, 3.63) is 24.3 Å².